The van der Waals surface area contributed by atoms with E-state index in [0.717, 1.165) is 16.3 Å². The Morgan fingerprint density at radius 1 is 1.00 bits per heavy atom. The Bertz CT molecular complexity index is 922. The van der Waals surface area contributed by atoms with E-state index in [0.29, 0.717) is 11.3 Å². The van der Waals surface area contributed by atoms with E-state index in [1.165, 1.54) is 0 Å². The van der Waals surface area contributed by atoms with Crippen molar-refractivity contribution >= 4 is 33.7 Å². The van der Waals surface area contributed by atoms with Gasteiger partial charge in [0.2, 0.25) is 0 Å². The van der Waals surface area contributed by atoms with E-state index < -0.39 is 11.4 Å². The average molecular weight is 340 g/mol. The zero-order chi connectivity index (χ0) is 17.1. The molecular weight excluding hydrogens is 326 g/mol. The molecule has 1 atom stereocenters. The molecule has 3 aromatic carbocycles. The fraction of sp³-hybridized carbons (Fsp3) is 0.0556. The van der Waals surface area contributed by atoms with Gasteiger partial charge in [0.1, 0.15) is 17.1 Å². The van der Waals surface area contributed by atoms with Crippen LogP contribution >= 0.6 is 0 Å². The third kappa shape index (κ3) is 3.79. The largest absolute Gasteiger partial charge is 0.740 e. The summed E-state index contributed by atoms with van der Waals surface area (Å²) in [5, 5.41) is 4.52. The molecule has 6 heteroatoms. The van der Waals surface area contributed by atoms with Crippen LogP contribution in [-0.2, 0) is 11.4 Å². The van der Waals surface area contributed by atoms with E-state index in [1.807, 2.05) is 25.1 Å². The number of anilines is 1. The molecule has 0 bridgehead atoms. The summed E-state index contributed by atoms with van der Waals surface area (Å²) in [6, 6.07) is 17.6. The van der Waals surface area contributed by atoms with Gasteiger partial charge < -0.3 is 14.1 Å². The van der Waals surface area contributed by atoms with Crippen LogP contribution in [0.25, 0.3) is 10.8 Å². The molecule has 5 nitrogen and oxygen atoms in total. The lowest BCUT2D eigenvalue weighted by atomic mass is 10.1. The molecule has 24 heavy (non-hydrogen) atoms. The van der Waals surface area contributed by atoms with Crippen molar-refractivity contribution in [3.8, 4) is 5.75 Å². The van der Waals surface area contributed by atoms with Gasteiger partial charge in [0, 0.05) is 11.3 Å². The van der Waals surface area contributed by atoms with E-state index in [4.69, 9.17) is 0 Å². The van der Waals surface area contributed by atoms with Crippen LogP contribution in [0.5, 0.6) is 5.75 Å². The molecule has 0 fully saturated rings. The average Bonchev–Trinajstić information content (AvgIpc) is 2.55. The van der Waals surface area contributed by atoms with Crippen molar-refractivity contribution in [2.24, 2.45) is 0 Å². The SMILES string of the molecule is Cc1ccc(C(=O)Nc2ccc3cc(OS(=O)[O-])ccc3c2)cc1. The first-order valence-corrected chi connectivity index (χ1v) is 8.21. The van der Waals surface area contributed by atoms with Crippen LogP contribution in [0.1, 0.15) is 15.9 Å². The quantitative estimate of drug-likeness (QED) is 0.736. The first kappa shape index (κ1) is 16.2. The minimum atomic E-state index is -2.60. The molecule has 0 saturated heterocycles. The van der Waals surface area contributed by atoms with Crippen molar-refractivity contribution in [2.45, 2.75) is 6.92 Å². The molecule has 122 valence electrons. The van der Waals surface area contributed by atoms with Gasteiger partial charge in [0.15, 0.2) is 0 Å². The van der Waals surface area contributed by atoms with Crippen molar-refractivity contribution in [3.63, 3.8) is 0 Å². The fourth-order valence-electron chi connectivity index (χ4n) is 2.34. The lowest BCUT2D eigenvalue weighted by molar-refractivity contribution is 0.102. The van der Waals surface area contributed by atoms with Crippen LogP contribution in [0.4, 0.5) is 5.69 Å². The summed E-state index contributed by atoms with van der Waals surface area (Å²) in [6.07, 6.45) is 0. The topological polar surface area (TPSA) is 78.5 Å². The van der Waals surface area contributed by atoms with Gasteiger partial charge in [-0.25, -0.2) is 4.21 Å². The monoisotopic (exact) mass is 340 g/mol. The molecule has 0 aliphatic heterocycles. The minimum absolute atomic E-state index is 0.184. The number of aryl methyl sites for hydroxylation is 1. The highest BCUT2D eigenvalue weighted by atomic mass is 32.2. The van der Waals surface area contributed by atoms with Gasteiger partial charge in [-0.2, -0.15) is 0 Å². The van der Waals surface area contributed by atoms with Crippen molar-refractivity contribution in [2.75, 3.05) is 5.32 Å². The Morgan fingerprint density at radius 2 is 1.67 bits per heavy atom. The highest BCUT2D eigenvalue weighted by Gasteiger charge is 2.06. The summed E-state index contributed by atoms with van der Waals surface area (Å²) in [7, 11) is 0. The second-order valence-electron chi connectivity index (χ2n) is 5.33. The molecule has 0 aliphatic rings. The number of rotatable bonds is 4. The van der Waals surface area contributed by atoms with Crippen LogP contribution in [0.15, 0.2) is 60.7 Å². The highest BCUT2D eigenvalue weighted by molar-refractivity contribution is 7.74. The van der Waals surface area contributed by atoms with Crippen LogP contribution in [0.3, 0.4) is 0 Å². The molecule has 0 saturated carbocycles. The Kier molecular flexibility index (Phi) is 4.59. The fourth-order valence-corrected chi connectivity index (χ4v) is 2.60. The molecule has 1 N–H and O–H groups in total. The minimum Gasteiger partial charge on any atom is -0.740 e. The van der Waals surface area contributed by atoms with Gasteiger partial charge in [-0.3, -0.25) is 4.79 Å². The molecule has 0 spiro atoms. The van der Waals surface area contributed by atoms with Crippen molar-refractivity contribution in [3.05, 3.63) is 71.8 Å². The van der Waals surface area contributed by atoms with Gasteiger partial charge >= 0.3 is 0 Å². The second kappa shape index (κ2) is 6.82. The lowest BCUT2D eigenvalue weighted by Gasteiger charge is -2.10. The summed E-state index contributed by atoms with van der Waals surface area (Å²) in [6.45, 7) is 1.96. The van der Waals surface area contributed by atoms with E-state index in [2.05, 4.69) is 9.50 Å². The first-order chi connectivity index (χ1) is 11.5. The number of amides is 1. The van der Waals surface area contributed by atoms with Gasteiger partial charge in [-0.15, -0.1) is 0 Å². The van der Waals surface area contributed by atoms with Gasteiger partial charge in [0.05, 0.1) is 0 Å². The number of benzene rings is 3. The first-order valence-electron chi connectivity index (χ1n) is 7.21. The molecular formula is C18H14NO4S-. The van der Waals surface area contributed by atoms with Crippen molar-refractivity contribution < 1.29 is 17.7 Å². The summed E-state index contributed by atoms with van der Waals surface area (Å²) in [4.78, 5) is 12.2. The number of hydrogen-bond donors (Lipinski definition) is 1. The summed E-state index contributed by atoms with van der Waals surface area (Å²) in [5.74, 6) is 0.0586. The number of carbonyl (C=O) groups is 1. The second-order valence-corrected chi connectivity index (χ2v) is 5.91. The zero-order valence-corrected chi connectivity index (χ0v) is 13.6. The zero-order valence-electron chi connectivity index (χ0n) is 12.8. The maximum absolute atomic E-state index is 12.2. The Morgan fingerprint density at radius 3 is 2.38 bits per heavy atom. The Balaban J connectivity index is 1.81. The molecule has 0 heterocycles. The smallest absolute Gasteiger partial charge is 0.255 e. The summed E-state index contributed by atoms with van der Waals surface area (Å²) in [5.41, 5.74) is 2.34. The maximum Gasteiger partial charge on any atom is 0.255 e. The number of hydrogen-bond acceptors (Lipinski definition) is 4. The Labute approximate surface area is 141 Å². The number of nitrogens with one attached hydrogen (secondary N) is 1. The third-order valence-corrected chi connectivity index (χ3v) is 3.88. The van der Waals surface area contributed by atoms with E-state index in [1.54, 1.807) is 42.5 Å². The summed E-state index contributed by atoms with van der Waals surface area (Å²) < 4.78 is 25.8. The van der Waals surface area contributed by atoms with Gasteiger partial charge in [-0.1, -0.05) is 29.8 Å². The molecule has 0 aliphatic carbocycles. The van der Waals surface area contributed by atoms with Crippen LogP contribution < -0.4 is 9.50 Å². The van der Waals surface area contributed by atoms with Gasteiger partial charge in [0.25, 0.3) is 5.91 Å². The van der Waals surface area contributed by atoms with Crippen LogP contribution in [0, 0.1) is 6.92 Å². The molecule has 0 radical (unpaired) electrons. The van der Waals surface area contributed by atoms with Gasteiger partial charge in [-0.05, 0) is 54.1 Å². The van der Waals surface area contributed by atoms with E-state index in [-0.39, 0.29) is 11.7 Å². The molecule has 1 amide bonds. The molecule has 0 aromatic heterocycles. The molecule has 3 aromatic rings. The molecule has 3 rings (SSSR count). The summed E-state index contributed by atoms with van der Waals surface area (Å²) >= 11 is -2.60. The molecule has 1 unspecified atom stereocenters. The standard InChI is InChI=1S/C18H15NO4S/c1-12-2-4-13(5-3-12)18(20)19-16-8-6-15-11-17(23-24(21)22)9-7-14(15)10-16/h2-11H,1H3,(H,19,20)(H,21,22)/p-1. The van der Waals surface area contributed by atoms with Crippen molar-refractivity contribution in [1.29, 1.82) is 0 Å². The predicted octanol–water partition coefficient (Wildman–Crippen LogP) is 3.57. The number of fused-ring (bicyclic) bond motifs is 1. The Hall–Kier alpha value is -2.70. The predicted molar refractivity (Wildman–Crippen MR) is 92.6 cm³/mol. The highest BCUT2D eigenvalue weighted by Crippen LogP contribution is 2.24. The van der Waals surface area contributed by atoms with Crippen LogP contribution in [0.2, 0.25) is 0 Å². The number of carbonyl (C=O) groups excluding carboxylic acids is 1. The van der Waals surface area contributed by atoms with E-state index >= 15 is 0 Å². The van der Waals surface area contributed by atoms with Crippen molar-refractivity contribution in [1.82, 2.24) is 0 Å². The lowest BCUT2D eigenvalue weighted by Crippen LogP contribution is -2.11. The normalized spacial score (nSPS) is 11.9. The van der Waals surface area contributed by atoms with Crippen LogP contribution in [-0.4, -0.2) is 14.7 Å². The van der Waals surface area contributed by atoms with E-state index in [9.17, 15) is 13.6 Å². The third-order valence-electron chi connectivity index (χ3n) is 3.55. The maximum atomic E-state index is 12.2.